The van der Waals surface area contributed by atoms with Crippen molar-refractivity contribution in [3.8, 4) is 11.3 Å². The summed E-state index contributed by atoms with van der Waals surface area (Å²) in [6.45, 7) is 0. The Balaban J connectivity index is 1.71. The summed E-state index contributed by atoms with van der Waals surface area (Å²) in [5.41, 5.74) is 5.97. The highest BCUT2D eigenvalue weighted by atomic mass is 32.1. The van der Waals surface area contributed by atoms with Gasteiger partial charge in [-0.05, 0) is 53.2 Å². The molecular formula is C21H14FN3OS. The molecule has 0 bridgehead atoms. The molecule has 2 aromatic heterocycles. The number of carbonyl (C=O) groups is 1. The first-order chi connectivity index (χ1) is 13.2. The number of pyridine rings is 1. The van der Waals surface area contributed by atoms with Crippen LogP contribution in [-0.2, 0) is 0 Å². The quantitative estimate of drug-likeness (QED) is 0.409. The SMILES string of the molecule is O=C(N/N=C/c1ccsc1)c1cc(-c2ccc(F)cc2)nc2ccccc12. The molecular weight excluding hydrogens is 361 g/mol. The minimum absolute atomic E-state index is 0.319. The van der Waals surface area contributed by atoms with Gasteiger partial charge in [-0.1, -0.05) is 18.2 Å². The van der Waals surface area contributed by atoms with E-state index in [9.17, 15) is 9.18 Å². The highest BCUT2D eigenvalue weighted by molar-refractivity contribution is 7.08. The zero-order chi connectivity index (χ0) is 18.6. The molecule has 0 unspecified atom stereocenters. The van der Waals surface area contributed by atoms with Gasteiger partial charge in [0.05, 0.1) is 23.0 Å². The second kappa shape index (κ2) is 7.47. The maximum atomic E-state index is 13.2. The fourth-order valence-electron chi connectivity index (χ4n) is 2.71. The second-order valence-electron chi connectivity index (χ2n) is 5.83. The monoisotopic (exact) mass is 375 g/mol. The zero-order valence-electron chi connectivity index (χ0n) is 14.1. The van der Waals surface area contributed by atoms with Crippen molar-refractivity contribution in [3.63, 3.8) is 0 Å². The highest BCUT2D eigenvalue weighted by Crippen LogP contribution is 2.25. The van der Waals surface area contributed by atoms with Gasteiger partial charge in [0.25, 0.3) is 5.91 Å². The molecule has 0 saturated carbocycles. The van der Waals surface area contributed by atoms with Crippen molar-refractivity contribution in [2.75, 3.05) is 0 Å². The molecule has 0 atom stereocenters. The molecule has 2 aromatic carbocycles. The Morgan fingerprint density at radius 1 is 1.11 bits per heavy atom. The van der Waals surface area contributed by atoms with Gasteiger partial charge in [-0.15, -0.1) is 0 Å². The predicted molar refractivity (Wildman–Crippen MR) is 107 cm³/mol. The predicted octanol–water partition coefficient (Wildman–Crippen LogP) is 4.87. The van der Waals surface area contributed by atoms with E-state index < -0.39 is 0 Å². The summed E-state index contributed by atoms with van der Waals surface area (Å²) in [5.74, 6) is -0.649. The van der Waals surface area contributed by atoms with E-state index in [1.54, 1.807) is 35.8 Å². The van der Waals surface area contributed by atoms with Crippen LogP contribution in [0.2, 0.25) is 0 Å². The Labute approximate surface area is 159 Å². The number of carbonyl (C=O) groups excluding carboxylic acids is 1. The van der Waals surface area contributed by atoms with E-state index in [0.717, 1.165) is 16.5 Å². The smallest absolute Gasteiger partial charge is 0.267 e. The number of amides is 1. The van der Waals surface area contributed by atoms with Crippen molar-refractivity contribution in [3.05, 3.63) is 88.4 Å². The number of hydrazone groups is 1. The molecule has 0 fully saturated rings. The van der Waals surface area contributed by atoms with E-state index in [1.165, 1.54) is 12.1 Å². The van der Waals surface area contributed by atoms with Gasteiger partial charge >= 0.3 is 0 Å². The van der Waals surface area contributed by atoms with Crippen LogP contribution in [0.4, 0.5) is 4.39 Å². The zero-order valence-corrected chi connectivity index (χ0v) is 14.9. The van der Waals surface area contributed by atoms with Crippen molar-refractivity contribution < 1.29 is 9.18 Å². The van der Waals surface area contributed by atoms with Crippen LogP contribution in [0, 0.1) is 5.82 Å². The van der Waals surface area contributed by atoms with Gasteiger partial charge in [-0.3, -0.25) is 4.79 Å². The van der Waals surface area contributed by atoms with Crippen LogP contribution in [-0.4, -0.2) is 17.1 Å². The molecule has 0 aliphatic heterocycles. The van der Waals surface area contributed by atoms with Crippen LogP contribution < -0.4 is 5.43 Å². The Kier molecular flexibility index (Phi) is 4.72. The Morgan fingerprint density at radius 2 is 1.93 bits per heavy atom. The lowest BCUT2D eigenvalue weighted by Gasteiger charge is -2.09. The molecule has 27 heavy (non-hydrogen) atoms. The molecule has 132 valence electrons. The molecule has 1 N–H and O–H groups in total. The van der Waals surface area contributed by atoms with Crippen molar-refractivity contribution in [1.82, 2.24) is 10.4 Å². The summed E-state index contributed by atoms with van der Waals surface area (Å²) >= 11 is 1.56. The molecule has 0 spiro atoms. The molecule has 1 amide bonds. The first kappa shape index (κ1) is 17.1. The van der Waals surface area contributed by atoms with Crippen molar-refractivity contribution in [2.45, 2.75) is 0 Å². The summed E-state index contributed by atoms with van der Waals surface area (Å²) in [5, 5.41) is 8.63. The van der Waals surface area contributed by atoms with Crippen LogP contribution >= 0.6 is 11.3 Å². The van der Waals surface area contributed by atoms with Crippen LogP contribution in [0.25, 0.3) is 22.2 Å². The Bertz CT molecular complexity index is 1120. The van der Waals surface area contributed by atoms with Crippen LogP contribution in [0.3, 0.4) is 0 Å². The van der Waals surface area contributed by atoms with Crippen LogP contribution in [0.15, 0.2) is 76.5 Å². The van der Waals surface area contributed by atoms with Crippen LogP contribution in [0.1, 0.15) is 15.9 Å². The summed E-state index contributed by atoms with van der Waals surface area (Å²) in [4.78, 5) is 17.3. The molecule has 4 rings (SSSR count). The number of hydrogen-bond donors (Lipinski definition) is 1. The van der Waals surface area contributed by atoms with Gasteiger partial charge in [0.1, 0.15) is 5.82 Å². The van der Waals surface area contributed by atoms with Gasteiger partial charge in [-0.25, -0.2) is 14.8 Å². The normalized spacial score (nSPS) is 11.1. The van der Waals surface area contributed by atoms with Crippen LogP contribution in [0.5, 0.6) is 0 Å². The number of nitrogens with zero attached hydrogens (tertiary/aromatic N) is 2. The first-order valence-corrected chi connectivity index (χ1v) is 9.16. The van der Waals surface area contributed by atoms with Gasteiger partial charge in [-0.2, -0.15) is 16.4 Å². The van der Waals surface area contributed by atoms with Crippen molar-refractivity contribution >= 4 is 34.4 Å². The van der Waals surface area contributed by atoms with E-state index in [1.807, 2.05) is 41.1 Å². The van der Waals surface area contributed by atoms with Gasteiger partial charge in [0.2, 0.25) is 0 Å². The minimum atomic E-state index is -0.330. The molecule has 0 saturated heterocycles. The van der Waals surface area contributed by atoms with E-state index in [0.29, 0.717) is 16.8 Å². The van der Waals surface area contributed by atoms with Gasteiger partial charge in [0.15, 0.2) is 0 Å². The molecule has 0 aliphatic carbocycles. The lowest BCUT2D eigenvalue weighted by molar-refractivity contribution is 0.0956. The minimum Gasteiger partial charge on any atom is -0.267 e. The number of rotatable bonds is 4. The number of para-hydroxylation sites is 1. The number of benzene rings is 2. The average molecular weight is 375 g/mol. The van der Waals surface area contributed by atoms with E-state index in [4.69, 9.17) is 0 Å². The number of fused-ring (bicyclic) bond motifs is 1. The largest absolute Gasteiger partial charge is 0.272 e. The standard InChI is InChI=1S/C21H14FN3OS/c22-16-7-5-15(6-8-16)20-11-18(17-3-1-2-4-19(17)24-20)21(26)25-23-12-14-9-10-27-13-14/h1-13H,(H,25,26)/b23-12+. The molecule has 2 heterocycles. The average Bonchev–Trinajstić information content (AvgIpc) is 3.21. The Morgan fingerprint density at radius 3 is 2.70 bits per heavy atom. The lowest BCUT2D eigenvalue weighted by atomic mass is 10.0. The third-order valence-electron chi connectivity index (χ3n) is 4.02. The number of thiophene rings is 1. The first-order valence-electron chi connectivity index (χ1n) is 8.22. The molecule has 4 nitrogen and oxygen atoms in total. The topological polar surface area (TPSA) is 54.4 Å². The second-order valence-corrected chi connectivity index (χ2v) is 6.61. The summed E-state index contributed by atoms with van der Waals surface area (Å²) in [6.07, 6.45) is 1.60. The lowest BCUT2D eigenvalue weighted by Crippen LogP contribution is -2.18. The van der Waals surface area contributed by atoms with E-state index in [2.05, 4.69) is 15.5 Å². The maximum absolute atomic E-state index is 13.2. The number of halogens is 1. The fraction of sp³-hybridized carbons (Fsp3) is 0. The maximum Gasteiger partial charge on any atom is 0.272 e. The molecule has 0 radical (unpaired) electrons. The van der Waals surface area contributed by atoms with E-state index >= 15 is 0 Å². The molecule has 4 aromatic rings. The van der Waals surface area contributed by atoms with Gasteiger partial charge in [0, 0.05) is 16.5 Å². The van der Waals surface area contributed by atoms with E-state index in [-0.39, 0.29) is 11.7 Å². The molecule has 0 aliphatic rings. The summed E-state index contributed by atoms with van der Waals surface area (Å²) < 4.78 is 13.2. The number of nitrogens with one attached hydrogen (secondary N) is 1. The van der Waals surface area contributed by atoms with Crippen molar-refractivity contribution in [2.24, 2.45) is 5.10 Å². The van der Waals surface area contributed by atoms with Gasteiger partial charge < -0.3 is 0 Å². The highest BCUT2D eigenvalue weighted by Gasteiger charge is 2.13. The Hall–Kier alpha value is -3.38. The summed E-state index contributed by atoms with van der Waals surface area (Å²) in [6, 6.07) is 17.0. The third kappa shape index (κ3) is 3.75. The third-order valence-corrected chi connectivity index (χ3v) is 4.73. The number of hydrogen-bond acceptors (Lipinski definition) is 4. The summed E-state index contributed by atoms with van der Waals surface area (Å²) in [7, 11) is 0. The molecule has 6 heteroatoms. The fourth-order valence-corrected chi connectivity index (χ4v) is 3.32. The number of aromatic nitrogens is 1. The van der Waals surface area contributed by atoms with Crippen molar-refractivity contribution in [1.29, 1.82) is 0 Å².